The van der Waals surface area contributed by atoms with Crippen LogP contribution in [0.25, 0.3) is 0 Å². The Morgan fingerprint density at radius 1 is 1.25 bits per heavy atom. The van der Waals surface area contributed by atoms with Crippen LogP contribution >= 0.6 is 0 Å². The van der Waals surface area contributed by atoms with Crippen molar-refractivity contribution in [2.45, 2.75) is 7.43 Å². The summed E-state index contributed by atoms with van der Waals surface area (Å²) in [6.07, 6.45) is 0. The van der Waals surface area contributed by atoms with E-state index in [0.717, 1.165) is 0 Å². The molecule has 0 aromatic carbocycles. The molecular weight excluding hydrogens is 45.0 g/mol. The Labute approximate surface area is 39.7 Å². The van der Waals surface area contributed by atoms with E-state index in [2.05, 4.69) is 12.8 Å². The van der Waals surface area contributed by atoms with E-state index in [0.29, 0.717) is 0 Å². The van der Waals surface area contributed by atoms with Gasteiger partial charge in [-0.3, -0.25) is 7.05 Å². The van der Waals surface area contributed by atoms with Gasteiger partial charge >= 0.3 is 18.9 Å². The van der Waals surface area contributed by atoms with E-state index in [1.807, 2.05) is 0 Å². The van der Waals surface area contributed by atoms with Crippen molar-refractivity contribution in [1.82, 2.24) is 0 Å². The van der Waals surface area contributed by atoms with Crippen molar-refractivity contribution in [3.63, 3.8) is 0 Å². The minimum Gasteiger partial charge on any atom is -0.486 e. The number of hydrogen-bond acceptors (Lipinski definition) is 1. The van der Waals surface area contributed by atoms with Gasteiger partial charge < -0.3 is 5.73 Å². The Kier molecular flexibility index (Phi) is 445. The summed E-state index contributed by atoms with van der Waals surface area (Å²) in [5.74, 6) is 0. The first-order valence-corrected chi connectivity index (χ1v) is 0.408. The van der Waals surface area contributed by atoms with Gasteiger partial charge in [0, 0.05) is 0 Å². The summed E-state index contributed by atoms with van der Waals surface area (Å²) < 4.78 is 0. The van der Waals surface area contributed by atoms with Crippen LogP contribution in [0.4, 0.5) is 0 Å². The van der Waals surface area contributed by atoms with Crippen molar-refractivity contribution in [3.8, 4) is 0 Å². The van der Waals surface area contributed by atoms with E-state index in [1.165, 1.54) is 0 Å². The van der Waals surface area contributed by atoms with Crippen molar-refractivity contribution < 1.29 is 18.9 Å². The van der Waals surface area contributed by atoms with E-state index in [1.54, 1.807) is 0 Å². The van der Waals surface area contributed by atoms with E-state index in [-0.39, 0.29) is 26.3 Å². The summed E-state index contributed by atoms with van der Waals surface area (Å²) in [6, 6.07) is 0. The summed E-state index contributed by atoms with van der Waals surface area (Å²) in [7, 11) is 2.75. The molecule has 0 saturated heterocycles. The molecule has 0 aromatic heterocycles. The van der Waals surface area contributed by atoms with Crippen LogP contribution in [0.5, 0.6) is 0 Å². The van der Waals surface area contributed by atoms with Crippen molar-refractivity contribution in [2.24, 2.45) is 5.73 Å². The predicted octanol–water partition coefficient (Wildman–Crippen LogP) is -2.62. The van der Waals surface area contributed by atoms with Crippen LogP contribution in [0.2, 0.25) is 0 Å². The van der Waals surface area contributed by atoms with Gasteiger partial charge in [-0.05, 0) is 0 Å². The van der Waals surface area contributed by atoms with Crippen molar-refractivity contribution in [3.05, 3.63) is 7.05 Å². The molecule has 0 bridgehead atoms. The smallest absolute Gasteiger partial charge is 0.486 e. The summed E-state index contributed by atoms with van der Waals surface area (Å²) in [4.78, 5) is 0. The maximum atomic E-state index is 4.25. The van der Waals surface area contributed by atoms with E-state index in [4.69, 9.17) is 0 Å². The fourth-order valence-corrected chi connectivity index (χ4v) is 0. The first kappa shape index (κ1) is 23.8. The summed E-state index contributed by atoms with van der Waals surface area (Å²) in [6.45, 7) is 0. The third kappa shape index (κ3) is 20.0. The average Bonchev–Trinajstić information content (AvgIpc) is 1.00. The van der Waals surface area contributed by atoms with Gasteiger partial charge in [0.1, 0.15) is 0 Å². The molecule has 4 heavy (non-hydrogen) atoms. The molecule has 0 rings (SSSR count). The molecule has 0 aliphatic rings. The first-order chi connectivity index (χ1) is 1.00. The van der Waals surface area contributed by atoms with Gasteiger partial charge in [-0.15, -0.1) is 0 Å². The van der Waals surface area contributed by atoms with Crippen LogP contribution in [0.15, 0.2) is 0 Å². The van der Waals surface area contributed by atoms with Gasteiger partial charge in [0.05, 0.1) is 0 Å². The quantitative estimate of drug-likeness (QED) is 0.237. The van der Waals surface area contributed by atoms with Gasteiger partial charge in [0.2, 0.25) is 0 Å². The topological polar surface area (TPSA) is 26.0 Å². The van der Waals surface area contributed by atoms with E-state index >= 15 is 0 Å². The number of nitrogens with two attached hydrogens (primary N) is 1. The van der Waals surface area contributed by atoms with Crippen molar-refractivity contribution in [1.29, 1.82) is 0 Å². The van der Waals surface area contributed by atoms with Crippen LogP contribution in [-0.2, 0) is 0 Å². The monoisotopic (exact) mass is 53.1 g/mol. The fraction of sp³-hybridized carbons (Fsp3) is 0.500. The molecule has 0 aromatic rings. The first-order valence-electron chi connectivity index (χ1n) is 0.408. The summed E-state index contributed by atoms with van der Waals surface area (Å²) in [5, 5.41) is 0. The third-order valence-electron chi connectivity index (χ3n) is 0. The minimum atomic E-state index is 0. The largest absolute Gasteiger partial charge is 1.00 e. The maximum Gasteiger partial charge on any atom is 1.00 e. The van der Waals surface area contributed by atoms with Crippen LogP contribution in [0.1, 0.15) is 7.43 Å². The fourth-order valence-electron chi connectivity index (χ4n) is 0. The van der Waals surface area contributed by atoms with Gasteiger partial charge in [-0.2, -0.15) is 0 Å². The zero-order valence-corrected chi connectivity index (χ0v) is 2.28. The SMILES string of the molecule is C.[CH2-]N.[Li+]. The molecule has 22 valence electrons. The van der Waals surface area contributed by atoms with Gasteiger partial charge in [-0.1, -0.05) is 7.43 Å². The van der Waals surface area contributed by atoms with Crippen LogP contribution in [0, 0.1) is 7.05 Å². The minimum absolute atomic E-state index is 0. The Balaban J connectivity index is -0.00000000500. The number of rotatable bonds is 0. The molecule has 0 atom stereocenters. The molecule has 1 nitrogen and oxygen atoms in total. The van der Waals surface area contributed by atoms with Crippen LogP contribution in [-0.4, -0.2) is 0 Å². The molecule has 0 heterocycles. The van der Waals surface area contributed by atoms with Crippen LogP contribution in [0.3, 0.4) is 0 Å². The van der Waals surface area contributed by atoms with Gasteiger partial charge in [0.25, 0.3) is 0 Å². The van der Waals surface area contributed by atoms with Crippen molar-refractivity contribution in [2.75, 3.05) is 0 Å². The van der Waals surface area contributed by atoms with E-state index in [9.17, 15) is 0 Å². The normalized spacial score (nSPS) is 1.50. The summed E-state index contributed by atoms with van der Waals surface area (Å²) in [5.41, 5.74) is 4.25. The molecule has 0 amide bonds. The Bertz CT molecular complexity index is 6.00. The van der Waals surface area contributed by atoms with Gasteiger partial charge in [-0.25, -0.2) is 0 Å². The molecule has 0 unspecified atom stereocenters. The second-order valence-corrected chi connectivity index (χ2v) is 0. The molecule has 0 aliphatic heterocycles. The third-order valence-corrected chi connectivity index (χ3v) is 0. The van der Waals surface area contributed by atoms with Crippen molar-refractivity contribution >= 4 is 0 Å². The molecule has 0 spiro atoms. The molecule has 0 saturated carbocycles. The standard InChI is InChI=1S/CH4N.CH4.Li/c1-2;;/h1-2H2;1H4;/q-1;;+1. The second-order valence-electron chi connectivity index (χ2n) is 0. The summed E-state index contributed by atoms with van der Waals surface area (Å²) >= 11 is 0. The second kappa shape index (κ2) is 74.9. The molecule has 0 aliphatic carbocycles. The zero-order valence-electron chi connectivity index (χ0n) is 2.28. The number of hydrogen-bond donors (Lipinski definition) is 1. The average molecular weight is 53.0 g/mol. The molecule has 0 radical (unpaired) electrons. The Morgan fingerprint density at radius 2 is 1.25 bits per heavy atom. The molecular formula is C2H8LiN. The Hall–Kier alpha value is 0.557. The van der Waals surface area contributed by atoms with Gasteiger partial charge in [0.15, 0.2) is 0 Å². The zero-order chi connectivity index (χ0) is 2.00. The van der Waals surface area contributed by atoms with Crippen LogP contribution < -0.4 is 24.6 Å². The maximum absolute atomic E-state index is 4.25. The predicted molar refractivity (Wildman–Crippen MR) is 16.3 cm³/mol. The molecule has 2 N–H and O–H groups in total. The Morgan fingerprint density at radius 3 is 1.25 bits per heavy atom. The van der Waals surface area contributed by atoms with E-state index < -0.39 is 0 Å². The molecule has 2 heteroatoms. The molecule has 0 fully saturated rings.